The van der Waals surface area contributed by atoms with Crippen molar-refractivity contribution >= 4 is 17.7 Å². The normalized spacial score (nSPS) is 11.5. The van der Waals surface area contributed by atoms with Gasteiger partial charge in [-0.15, -0.1) is 0 Å². The topological polar surface area (TPSA) is 90.9 Å². The Morgan fingerprint density at radius 2 is 1.59 bits per heavy atom. The molecule has 7 nitrogen and oxygen atoms in total. The van der Waals surface area contributed by atoms with E-state index in [-0.39, 0.29) is 11.7 Å². The summed E-state index contributed by atoms with van der Waals surface area (Å²) in [5.74, 6) is -0.700. The lowest BCUT2D eigenvalue weighted by molar-refractivity contribution is -0.145. The summed E-state index contributed by atoms with van der Waals surface area (Å²) in [5, 5.41) is 2.66. The van der Waals surface area contributed by atoms with E-state index in [4.69, 9.17) is 14.2 Å². The Balaban J connectivity index is 2.01. The first-order valence-electron chi connectivity index (χ1n) is 9.15. The average molecular weight is 399 g/mol. The number of nitrogens with one attached hydrogen (secondary N) is 1. The molecule has 0 unspecified atom stereocenters. The predicted octanol–water partition coefficient (Wildman–Crippen LogP) is 2.88. The Morgan fingerprint density at radius 1 is 0.931 bits per heavy atom. The molecule has 0 radical (unpaired) electrons. The van der Waals surface area contributed by atoms with Crippen molar-refractivity contribution < 1.29 is 28.6 Å². The minimum atomic E-state index is -0.906. The van der Waals surface area contributed by atoms with Gasteiger partial charge in [-0.3, -0.25) is 9.59 Å². The van der Waals surface area contributed by atoms with E-state index in [0.717, 1.165) is 0 Å². The standard InChI is InChI=1S/C22H25NO6/c1-14(2)20(23-21(25)17-7-5-6-8-19(17)28-4)22(26)29-13-18(24)15-9-11-16(27-3)12-10-15/h5-12,14,20H,13H2,1-4H3,(H,23,25)/t20-/m0/s1. The number of methoxy groups -OCH3 is 2. The highest BCUT2D eigenvalue weighted by Gasteiger charge is 2.27. The number of rotatable bonds is 9. The molecule has 7 heteroatoms. The fraction of sp³-hybridized carbons (Fsp3) is 0.318. The van der Waals surface area contributed by atoms with Gasteiger partial charge in [-0.05, 0) is 42.3 Å². The lowest BCUT2D eigenvalue weighted by atomic mass is 10.0. The molecular weight excluding hydrogens is 374 g/mol. The third-order valence-corrected chi connectivity index (χ3v) is 4.32. The molecule has 0 aliphatic carbocycles. The van der Waals surface area contributed by atoms with Crippen LogP contribution in [0.4, 0.5) is 0 Å². The van der Waals surface area contributed by atoms with Crippen LogP contribution in [0.5, 0.6) is 11.5 Å². The Kier molecular flexibility index (Phi) is 7.77. The Hall–Kier alpha value is -3.35. The molecule has 2 rings (SSSR count). The number of amides is 1. The zero-order valence-electron chi connectivity index (χ0n) is 16.9. The summed E-state index contributed by atoms with van der Waals surface area (Å²) in [6.45, 7) is 3.14. The van der Waals surface area contributed by atoms with Gasteiger partial charge in [-0.25, -0.2) is 4.79 Å². The molecule has 0 saturated heterocycles. The highest BCUT2D eigenvalue weighted by molar-refractivity contribution is 6.00. The highest BCUT2D eigenvalue weighted by Crippen LogP contribution is 2.18. The second-order valence-corrected chi connectivity index (χ2v) is 6.65. The maximum Gasteiger partial charge on any atom is 0.329 e. The zero-order chi connectivity index (χ0) is 21.4. The first-order valence-corrected chi connectivity index (χ1v) is 9.15. The minimum absolute atomic E-state index is 0.239. The molecule has 29 heavy (non-hydrogen) atoms. The number of Topliss-reactive ketones (excluding diaryl/α,β-unsaturated/α-hetero) is 1. The number of esters is 1. The SMILES string of the molecule is COc1ccc(C(=O)COC(=O)[C@@H](NC(=O)c2ccccc2OC)C(C)C)cc1. The molecule has 2 aromatic carbocycles. The van der Waals surface area contributed by atoms with Crippen LogP contribution in [0.15, 0.2) is 48.5 Å². The van der Waals surface area contributed by atoms with Crippen molar-refractivity contribution in [3.63, 3.8) is 0 Å². The fourth-order valence-electron chi connectivity index (χ4n) is 2.64. The molecule has 0 aliphatic heterocycles. The molecule has 0 aromatic heterocycles. The van der Waals surface area contributed by atoms with E-state index in [2.05, 4.69) is 5.32 Å². The molecule has 0 heterocycles. The van der Waals surface area contributed by atoms with Crippen molar-refractivity contribution in [2.45, 2.75) is 19.9 Å². The molecule has 1 atom stereocenters. The molecule has 0 fully saturated rings. The van der Waals surface area contributed by atoms with Crippen LogP contribution in [-0.2, 0) is 9.53 Å². The third kappa shape index (κ3) is 5.81. The number of carbonyl (C=O) groups excluding carboxylic acids is 3. The summed E-state index contributed by atoms with van der Waals surface area (Å²) in [6.07, 6.45) is 0. The molecule has 1 amide bonds. The van der Waals surface area contributed by atoms with Crippen LogP contribution < -0.4 is 14.8 Å². The number of para-hydroxylation sites is 1. The Morgan fingerprint density at radius 3 is 2.17 bits per heavy atom. The molecule has 0 aliphatic rings. The second-order valence-electron chi connectivity index (χ2n) is 6.65. The summed E-state index contributed by atoms with van der Waals surface area (Å²) in [6, 6.07) is 12.3. The van der Waals surface area contributed by atoms with Crippen molar-refractivity contribution in [1.29, 1.82) is 0 Å². The van der Waals surface area contributed by atoms with Crippen LogP contribution in [0.2, 0.25) is 0 Å². The van der Waals surface area contributed by atoms with Crippen LogP contribution in [0.25, 0.3) is 0 Å². The number of carbonyl (C=O) groups is 3. The van der Waals surface area contributed by atoms with E-state index >= 15 is 0 Å². The Bertz CT molecular complexity index is 860. The molecule has 0 bridgehead atoms. The summed E-state index contributed by atoms with van der Waals surface area (Å²) >= 11 is 0. The summed E-state index contributed by atoms with van der Waals surface area (Å²) in [4.78, 5) is 37.3. The van der Waals surface area contributed by atoms with Gasteiger partial charge in [0.05, 0.1) is 19.8 Å². The lowest BCUT2D eigenvalue weighted by Gasteiger charge is -2.21. The largest absolute Gasteiger partial charge is 0.497 e. The third-order valence-electron chi connectivity index (χ3n) is 4.32. The number of ether oxygens (including phenoxy) is 3. The van der Waals surface area contributed by atoms with Crippen molar-refractivity contribution in [3.05, 3.63) is 59.7 Å². The van der Waals surface area contributed by atoms with E-state index in [1.807, 2.05) is 0 Å². The number of hydrogen-bond donors (Lipinski definition) is 1. The van der Waals surface area contributed by atoms with Gasteiger partial charge in [0.25, 0.3) is 5.91 Å². The Labute approximate surface area is 170 Å². The first kappa shape index (κ1) is 21.9. The minimum Gasteiger partial charge on any atom is -0.497 e. The van der Waals surface area contributed by atoms with Crippen LogP contribution in [-0.4, -0.2) is 44.5 Å². The van der Waals surface area contributed by atoms with E-state index in [0.29, 0.717) is 22.6 Å². The van der Waals surface area contributed by atoms with E-state index in [9.17, 15) is 14.4 Å². The van der Waals surface area contributed by atoms with Gasteiger partial charge >= 0.3 is 5.97 Å². The van der Waals surface area contributed by atoms with E-state index < -0.39 is 24.5 Å². The van der Waals surface area contributed by atoms with Gasteiger partial charge in [-0.1, -0.05) is 26.0 Å². The van der Waals surface area contributed by atoms with Crippen molar-refractivity contribution in [1.82, 2.24) is 5.32 Å². The predicted molar refractivity (Wildman–Crippen MR) is 107 cm³/mol. The van der Waals surface area contributed by atoms with Gasteiger partial charge in [-0.2, -0.15) is 0 Å². The summed E-state index contributed by atoms with van der Waals surface area (Å²) in [7, 11) is 3.00. The van der Waals surface area contributed by atoms with Crippen LogP contribution in [0.1, 0.15) is 34.6 Å². The van der Waals surface area contributed by atoms with Gasteiger partial charge in [0.1, 0.15) is 17.5 Å². The van der Waals surface area contributed by atoms with Crippen LogP contribution in [0, 0.1) is 5.92 Å². The molecule has 154 valence electrons. The lowest BCUT2D eigenvalue weighted by Crippen LogP contribution is -2.45. The van der Waals surface area contributed by atoms with Crippen LogP contribution >= 0.6 is 0 Å². The van der Waals surface area contributed by atoms with E-state index in [1.54, 1.807) is 62.4 Å². The van der Waals surface area contributed by atoms with Gasteiger partial charge in [0.2, 0.25) is 0 Å². The molecule has 1 N–H and O–H groups in total. The van der Waals surface area contributed by atoms with Gasteiger partial charge < -0.3 is 19.5 Å². The summed E-state index contributed by atoms with van der Waals surface area (Å²) < 4.78 is 15.4. The fourth-order valence-corrected chi connectivity index (χ4v) is 2.64. The van der Waals surface area contributed by atoms with Crippen molar-refractivity contribution in [2.75, 3.05) is 20.8 Å². The second kappa shape index (κ2) is 10.3. The molecule has 2 aromatic rings. The monoisotopic (exact) mass is 399 g/mol. The quantitative estimate of drug-likeness (QED) is 0.515. The van der Waals surface area contributed by atoms with Crippen molar-refractivity contribution in [3.8, 4) is 11.5 Å². The highest BCUT2D eigenvalue weighted by atomic mass is 16.5. The van der Waals surface area contributed by atoms with Crippen LogP contribution in [0.3, 0.4) is 0 Å². The zero-order valence-corrected chi connectivity index (χ0v) is 16.9. The number of ketones is 1. The first-order chi connectivity index (χ1) is 13.9. The summed E-state index contributed by atoms with van der Waals surface area (Å²) in [5.41, 5.74) is 0.709. The number of benzene rings is 2. The molecule has 0 saturated carbocycles. The maximum absolute atomic E-state index is 12.6. The number of hydrogen-bond acceptors (Lipinski definition) is 6. The van der Waals surface area contributed by atoms with E-state index in [1.165, 1.54) is 14.2 Å². The smallest absolute Gasteiger partial charge is 0.329 e. The van der Waals surface area contributed by atoms with Gasteiger partial charge in [0.15, 0.2) is 12.4 Å². The average Bonchev–Trinajstić information content (AvgIpc) is 2.75. The maximum atomic E-state index is 12.6. The van der Waals surface area contributed by atoms with Crippen molar-refractivity contribution in [2.24, 2.45) is 5.92 Å². The molecule has 0 spiro atoms. The van der Waals surface area contributed by atoms with Gasteiger partial charge in [0, 0.05) is 5.56 Å². The molecular formula is C22H25NO6.